The second-order valence-electron chi connectivity index (χ2n) is 5.41. The number of aryl methyl sites for hydroxylation is 1. The van der Waals surface area contributed by atoms with Gasteiger partial charge in [0, 0.05) is 29.1 Å². The van der Waals surface area contributed by atoms with Crippen molar-refractivity contribution in [3.05, 3.63) is 65.7 Å². The fraction of sp³-hybridized carbons (Fsp3) is 0.167. The lowest BCUT2D eigenvalue weighted by molar-refractivity contribution is -0.119. The SMILES string of the molecule is Cc1c(C(=O)NNC(=O)CSCc2cccnc2)oc2ccccc12. The number of thioether (sulfide) groups is 1. The summed E-state index contributed by atoms with van der Waals surface area (Å²) in [5, 5.41) is 0.881. The summed E-state index contributed by atoms with van der Waals surface area (Å²) >= 11 is 1.44. The summed E-state index contributed by atoms with van der Waals surface area (Å²) in [6.45, 7) is 1.81. The van der Waals surface area contributed by atoms with Crippen molar-refractivity contribution in [2.45, 2.75) is 12.7 Å². The van der Waals surface area contributed by atoms with E-state index in [0.29, 0.717) is 11.3 Å². The number of para-hydroxylation sites is 1. The van der Waals surface area contributed by atoms with E-state index in [-0.39, 0.29) is 17.4 Å². The molecule has 0 saturated heterocycles. The second-order valence-corrected chi connectivity index (χ2v) is 6.39. The van der Waals surface area contributed by atoms with Crippen LogP contribution in [0.25, 0.3) is 11.0 Å². The molecule has 3 aromatic rings. The molecule has 0 saturated carbocycles. The summed E-state index contributed by atoms with van der Waals surface area (Å²) in [4.78, 5) is 28.1. The summed E-state index contributed by atoms with van der Waals surface area (Å²) in [7, 11) is 0. The summed E-state index contributed by atoms with van der Waals surface area (Å²) in [6.07, 6.45) is 3.47. The summed E-state index contributed by atoms with van der Waals surface area (Å²) < 4.78 is 5.56. The van der Waals surface area contributed by atoms with E-state index in [4.69, 9.17) is 4.42 Å². The van der Waals surface area contributed by atoms with Crippen molar-refractivity contribution in [3.8, 4) is 0 Å². The van der Waals surface area contributed by atoms with E-state index in [2.05, 4.69) is 15.8 Å². The lowest BCUT2D eigenvalue weighted by Gasteiger charge is -2.06. The zero-order chi connectivity index (χ0) is 17.6. The van der Waals surface area contributed by atoms with E-state index in [0.717, 1.165) is 16.5 Å². The Morgan fingerprint density at radius 1 is 1.16 bits per heavy atom. The van der Waals surface area contributed by atoms with Crippen molar-refractivity contribution in [1.82, 2.24) is 15.8 Å². The van der Waals surface area contributed by atoms with Crippen molar-refractivity contribution in [1.29, 1.82) is 0 Å². The maximum Gasteiger partial charge on any atom is 0.305 e. The maximum absolute atomic E-state index is 12.2. The van der Waals surface area contributed by atoms with Crippen molar-refractivity contribution >= 4 is 34.5 Å². The largest absolute Gasteiger partial charge is 0.451 e. The lowest BCUT2D eigenvalue weighted by atomic mass is 10.1. The van der Waals surface area contributed by atoms with Gasteiger partial charge in [-0.2, -0.15) is 0 Å². The van der Waals surface area contributed by atoms with E-state index < -0.39 is 5.91 Å². The van der Waals surface area contributed by atoms with Gasteiger partial charge in [0.15, 0.2) is 5.76 Å². The lowest BCUT2D eigenvalue weighted by Crippen LogP contribution is -2.42. The van der Waals surface area contributed by atoms with Crippen LogP contribution in [0.15, 0.2) is 53.2 Å². The molecule has 0 radical (unpaired) electrons. The van der Waals surface area contributed by atoms with Gasteiger partial charge in [-0.1, -0.05) is 24.3 Å². The molecule has 0 fully saturated rings. The Kier molecular flexibility index (Phi) is 5.35. The van der Waals surface area contributed by atoms with Gasteiger partial charge in [0.1, 0.15) is 5.58 Å². The average molecular weight is 355 g/mol. The molecule has 2 heterocycles. The highest BCUT2D eigenvalue weighted by Crippen LogP contribution is 2.24. The quantitative estimate of drug-likeness (QED) is 0.688. The average Bonchev–Trinajstić information content (AvgIpc) is 2.98. The first-order valence-electron chi connectivity index (χ1n) is 7.69. The van der Waals surface area contributed by atoms with E-state index in [1.54, 1.807) is 18.5 Å². The number of rotatable bonds is 5. The van der Waals surface area contributed by atoms with Gasteiger partial charge in [-0.15, -0.1) is 11.8 Å². The smallest absolute Gasteiger partial charge is 0.305 e. The molecule has 25 heavy (non-hydrogen) atoms. The van der Waals surface area contributed by atoms with Crippen molar-refractivity contribution in [2.24, 2.45) is 0 Å². The third-order valence-corrected chi connectivity index (χ3v) is 4.59. The summed E-state index contributed by atoms with van der Waals surface area (Å²) in [5.41, 5.74) is 7.22. The number of amides is 2. The molecular formula is C18H17N3O3S. The Bertz CT molecular complexity index is 893. The van der Waals surface area contributed by atoms with Gasteiger partial charge >= 0.3 is 5.91 Å². The van der Waals surface area contributed by atoms with E-state index >= 15 is 0 Å². The van der Waals surface area contributed by atoms with Crippen LogP contribution >= 0.6 is 11.8 Å². The number of benzene rings is 1. The van der Waals surface area contributed by atoms with Gasteiger partial charge < -0.3 is 4.42 Å². The zero-order valence-corrected chi connectivity index (χ0v) is 14.4. The minimum atomic E-state index is -0.473. The number of hydrogen-bond donors (Lipinski definition) is 2. The fourth-order valence-electron chi connectivity index (χ4n) is 2.36. The number of aromatic nitrogens is 1. The first-order chi connectivity index (χ1) is 12.1. The van der Waals surface area contributed by atoms with Crippen LogP contribution in [-0.4, -0.2) is 22.6 Å². The Balaban J connectivity index is 1.49. The molecule has 0 aliphatic carbocycles. The van der Waals surface area contributed by atoms with Crippen LogP contribution in [0.1, 0.15) is 21.7 Å². The molecule has 0 bridgehead atoms. The van der Waals surface area contributed by atoms with Crippen LogP contribution in [0.5, 0.6) is 0 Å². The molecule has 2 aromatic heterocycles. The highest BCUT2D eigenvalue weighted by atomic mass is 32.2. The molecule has 2 amide bonds. The Hall–Kier alpha value is -2.80. The Labute approximate surface area is 149 Å². The van der Waals surface area contributed by atoms with Crippen LogP contribution in [0.4, 0.5) is 0 Å². The minimum absolute atomic E-state index is 0.199. The van der Waals surface area contributed by atoms with Gasteiger partial charge in [0.2, 0.25) is 5.91 Å². The number of nitrogens with one attached hydrogen (secondary N) is 2. The predicted octanol–water partition coefficient (Wildman–Crippen LogP) is 2.83. The van der Waals surface area contributed by atoms with Crippen molar-refractivity contribution in [3.63, 3.8) is 0 Å². The summed E-state index contributed by atoms with van der Waals surface area (Å²) in [6, 6.07) is 11.2. The molecule has 7 heteroatoms. The number of furan rings is 1. The molecule has 1 aromatic carbocycles. The van der Waals surface area contributed by atoms with Gasteiger partial charge in [0.25, 0.3) is 0 Å². The number of hydrazine groups is 1. The third-order valence-electron chi connectivity index (χ3n) is 3.59. The predicted molar refractivity (Wildman–Crippen MR) is 97.0 cm³/mol. The molecule has 2 N–H and O–H groups in total. The van der Waals surface area contributed by atoms with Crippen LogP contribution < -0.4 is 10.9 Å². The number of carbonyl (C=O) groups is 2. The topological polar surface area (TPSA) is 84.2 Å². The monoisotopic (exact) mass is 355 g/mol. The van der Waals surface area contributed by atoms with Gasteiger partial charge in [0.05, 0.1) is 5.75 Å². The number of pyridine rings is 1. The molecule has 3 rings (SSSR count). The molecular weight excluding hydrogens is 338 g/mol. The van der Waals surface area contributed by atoms with Gasteiger partial charge in [-0.05, 0) is 24.6 Å². The van der Waals surface area contributed by atoms with Crippen LogP contribution in [0.3, 0.4) is 0 Å². The molecule has 0 aliphatic heterocycles. The standard InChI is InChI=1S/C18H17N3O3S/c1-12-14-6-2-3-7-15(14)24-17(12)18(23)21-20-16(22)11-25-10-13-5-4-8-19-9-13/h2-9H,10-11H2,1H3,(H,20,22)(H,21,23). The van der Waals surface area contributed by atoms with E-state index in [1.165, 1.54) is 11.8 Å². The number of nitrogens with zero attached hydrogens (tertiary/aromatic N) is 1. The van der Waals surface area contributed by atoms with E-state index in [1.807, 2.05) is 37.3 Å². The number of hydrogen-bond acceptors (Lipinski definition) is 5. The van der Waals surface area contributed by atoms with E-state index in [9.17, 15) is 9.59 Å². The Morgan fingerprint density at radius 3 is 2.76 bits per heavy atom. The molecule has 6 nitrogen and oxygen atoms in total. The maximum atomic E-state index is 12.2. The highest BCUT2D eigenvalue weighted by Gasteiger charge is 2.17. The third kappa shape index (κ3) is 4.19. The molecule has 0 atom stereocenters. The molecule has 0 aliphatic rings. The van der Waals surface area contributed by atoms with Crippen molar-refractivity contribution < 1.29 is 14.0 Å². The Morgan fingerprint density at radius 2 is 2.00 bits per heavy atom. The zero-order valence-electron chi connectivity index (χ0n) is 13.6. The molecule has 0 unspecified atom stereocenters. The van der Waals surface area contributed by atoms with Crippen LogP contribution in [0.2, 0.25) is 0 Å². The molecule has 0 spiro atoms. The second kappa shape index (κ2) is 7.85. The minimum Gasteiger partial charge on any atom is -0.451 e. The first-order valence-corrected chi connectivity index (χ1v) is 8.84. The van der Waals surface area contributed by atoms with Gasteiger partial charge in [-0.25, -0.2) is 0 Å². The van der Waals surface area contributed by atoms with Crippen LogP contribution in [-0.2, 0) is 10.5 Å². The fourth-order valence-corrected chi connectivity index (χ4v) is 3.12. The summed E-state index contributed by atoms with van der Waals surface area (Å²) in [5.74, 6) is 0.353. The van der Waals surface area contributed by atoms with Gasteiger partial charge in [-0.3, -0.25) is 25.4 Å². The highest BCUT2D eigenvalue weighted by molar-refractivity contribution is 7.99. The first kappa shape index (κ1) is 17.0. The van der Waals surface area contributed by atoms with Crippen LogP contribution in [0, 0.1) is 6.92 Å². The molecule has 128 valence electrons. The normalized spacial score (nSPS) is 10.6. The van der Waals surface area contributed by atoms with Crippen molar-refractivity contribution in [2.75, 3.05) is 5.75 Å². The number of carbonyl (C=O) groups excluding carboxylic acids is 2. The number of fused-ring (bicyclic) bond motifs is 1.